The lowest BCUT2D eigenvalue weighted by molar-refractivity contribution is 0.101. The Balaban J connectivity index is 2.46. The van der Waals surface area contributed by atoms with Crippen LogP contribution < -0.4 is 5.32 Å². The molecule has 0 heterocycles. The molecule has 24 heavy (non-hydrogen) atoms. The van der Waals surface area contributed by atoms with E-state index in [0.717, 1.165) is 6.42 Å². The maximum Gasteiger partial charge on any atom is 0.261 e. The van der Waals surface area contributed by atoms with Crippen molar-refractivity contribution in [3.8, 4) is 0 Å². The van der Waals surface area contributed by atoms with Crippen LogP contribution in [-0.4, -0.2) is 5.91 Å². The Morgan fingerprint density at radius 3 is 2.00 bits per heavy atom. The van der Waals surface area contributed by atoms with E-state index in [1.165, 1.54) is 6.07 Å². The van der Waals surface area contributed by atoms with Crippen LogP contribution in [0.2, 0.25) is 0 Å². The van der Waals surface area contributed by atoms with Gasteiger partial charge in [-0.1, -0.05) is 32.0 Å². The van der Waals surface area contributed by atoms with E-state index in [9.17, 15) is 26.7 Å². The number of anilines is 1. The molecule has 1 amide bonds. The number of halogens is 5. The average molecular weight is 343 g/mol. The smallest absolute Gasteiger partial charge is 0.261 e. The number of para-hydroxylation sites is 1. The molecule has 7 heteroatoms. The Morgan fingerprint density at radius 1 is 0.958 bits per heavy atom. The van der Waals surface area contributed by atoms with Crippen molar-refractivity contribution in [2.75, 3.05) is 5.32 Å². The van der Waals surface area contributed by atoms with Crippen molar-refractivity contribution < 1.29 is 26.7 Å². The van der Waals surface area contributed by atoms with E-state index in [-0.39, 0.29) is 11.6 Å². The number of carbonyl (C=O) groups excluding carboxylic acids is 1. The van der Waals surface area contributed by atoms with Crippen LogP contribution in [0.1, 0.15) is 42.1 Å². The molecule has 0 unspecified atom stereocenters. The number of benzene rings is 2. The molecule has 1 atom stereocenters. The summed E-state index contributed by atoms with van der Waals surface area (Å²) in [5, 5.41) is 2.22. The fourth-order valence-corrected chi connectivity index (χ4v) is 2.25. The fourth-order valence-electron chi connectivity index (χ4n) is 2.25. The molecule has 0 aliphatic carbocycles. The van der Waals surface area contributed by atoms with E-state index in [2.05, 4.69) is 5.32 Å². The van der Waals surface area contributed by atoms with Gasteiger partial charge in [0.2, 0.25) is 5.82 Å². The zero-order valence-corrected chi connectivity index (χ0v) is 12.9. The highest BCUT2D eigenvalue weighted by molar-refractivity contribution is 6.05. The highest BCUT2D eigenvalue weighted by Gasteiger charge is 2.30. The Kier molecular flexibility index (Phi) is 5.21. The molecule has 1 N–H and O–H groups in total. The summed E-state index contributed by atoms with van der Waals surface area (Å²) in [5.41, 5.74) is -0.566. The summed E-state index contributed by atoms with van der Waals surface area (Å²) in [7, 11) is 0. The lowest BCUT2D eigenvalue weighted by Crippen LogP contribution is -2.20. The summed E-state index contributed by atoms with van der Waals surface area (Å²) in [5.74, 6) is -12.3. The normalized spacial score (nSPS) is 12.1. The van der Waals surface area contributed by atoms with Gasteiger partial charge in [-0.15, -0.1) is 0 Å². The predicted molar refractivity (Wildman–Crippen MR) is 79.3 cm³/mol. The van der Waals surface area contributed by atoms with Crippen molar-refractivity contribution in [3.05, 3.63) is 64.5 Å². The third kappa shape index (κ3) is 3.11. The van der Waals surface area contributed by atoms with Gasteiger partial charge in [-0.25, -0.2) is 22.0 Å². The van der Waals surface area contributed by atoms with Gasteiger partial charge in [0, 0.05) is 5.69 Å². The highest BCUT2D eigenvalue weighted by Crippen LogP contribution is 2.28. The van der Waals surface area contributed by atoms with Crippen LogP contribution >= 0.6 is 0 Å². The second-order valence-electron chi connectivity index (χ2n) is 5.30. The van der Waals surface area contributed by atoms with Crippen LogP contribution in [0.5, 0.6) is 0 Å². The molecule has 128 valence electrons. The zero-order chi connectivity index (χ0) is 18.0. The number of hydrogen-bond acceptors (Lipinski definition) is 1. The number of carbonyl (C=O) groups is 1. The van der Waals surface area contributed by atoms with Gasteiger partial charge in [0.1, 0.15) is 5.56 Å². The van der Waals surface area contributed by atoms with Crippen molar-refractivity contribution in [2.45, 2.75) is 26.2 Å². The molecular formula is C17H14F5NO. The van der Waals surface area contributed by atoms with E-state index in [0.29, 0.717) is 5.56 Å². The monoisotopic (exact) mass is 343 g/mol. The van der Waals surface area contributed by atoms with Crippen LogP contribution in [0.4, 0.5) is 27.6 Å². The third-order valence-corrected chi connectivity index (χ3v) is 3.79. The molecule has 0 bridgehead atoms. The van der Waals surface area contributed by atoms with E-state index >= 15 is 0 Å². The second kappa shape index (κ2) is 6.98. The zero-order valence-electron chi connectivity index (χ0n) is 12.9. The van der Waals surface area contributed by atoms with Crippen LogP contribution in [0.3, 0.4) is 0 Å². The van der Waals surface area contributed by atoms with Crippen molar-refractivity contribution in [3.63, 3.8) is 0 Å². The van der Waals surface area contributed by atoms with E-state index in [4.69, 9.17) is 0 Å². The molecule has 2 aromatic carbocycles. The van der Waals surface area contributed by atoms with E-state index < -0.39 is 40.6 Å². The van der Waals surface area contributed by atoms with Gasteiger partial charge >= 0.3 is 0 Å². The number of rotatable bonds is 4. The van der Waals surface area contributed by atoms with Crippen LogP contribution in [0.15, 0.2) is 24.3 Å². The second-order valence-corrected chi connectivity index (χ2v) is 5.30. The molecule has 2 rings (SSSR count). The molecule has 0 radical (unpaired) electrons. The maximum absolute atomic E-state index is 13.7. The molecule has 0 saturated carbocycles. The highest BCUT2D eigenvalue weighted by atomic mass is 19.2. The summed E-state index contributed by atoms with van der Waals surface area (Å²) in [6.07, 6.45) is 0.732. The van der Waals surface area contributed by atoms with E-state index in [1.54, 1.807) is 18.2 Å². The minimum Gasteiger partial charge on any atom is -0.322 e. The van der Waals surface area contributed by atoms with Crippen LogP contribution in [0, 0.1) is 29.1 Å². The van der Waals surface area contributed by atoms with Gasteiger partial charge in [-0.05, 0) is 24.0 Å². The van der Waals surface area contributed by atoms with Gasteiger partial charge in [-0.3, -0.25) is 4.79 Å². The molecule has 0 aliphatic rings. The number of nitrogens with one attached hydrogen (secondary N) is 1. The SMILES string of the molecule is CC[C@H](C)c1ccccc1NC(=O)c1c(F)c(F)c(F)c(F)c1F. The van der Waals surface area contributed by atoms with Crippen LogP contribution in [-0.2, 0) is 0 Å². The lowest BCUT2D eigenvalue weighted by atomic mass is 9.96. The van der Waals surface area contributed by atoms with Gasteiger partial charge in [0.25, 0.3) is 5.91 Å². The lowest BCUT2D eigenvalue weighted by Gasteiger charge is -2.16. The molecule has 0 aliphatic heterocycles. The largest absolute Gasteiger partial charge is 0.322 e. The summed E-state index contributed by atoms with van der Waals surface area (Å²) in [4.78, 5) is 12.1. The first kappa shape index (κ1) is 17.9. The Labute approximate surface area is 135 Å². The molecule has 2 aromatic rings. The maximum atomic E-state index is 13.7. The summed E-state index contributed by atoms with van der Waals surface area (Å²) < 4.78 is 66.9. The van der Waals surface area contributed by atoms with Gasteiger partial charge < -0.3 is 5.32 Å². The Bertz CT molecular complexity index is 762. The van der Waals surface area contributed by atoms with Gasteiger partial charge in [0.05, 0.1) is 0 Å². The number of hydrogen-bond donors (Lipinski definition) is 1. The standard InChI is InChI=1S/C17H14F5NO/c1-3-8(2)9-6-4-5-7-10(9)23-17(24)11-12(18)14(20)16(22)15(21)13(11)19/h4-8H,3H2,1-2H3,(H,23,24)/t8-/m0/s1. The first-order chi connectivity index (χ1) is 11.3. The summed E-state index contributed by atoms with van der Waals surface area (Å²) in [6.45, 7) is 3.79. The quantitative estimate of drug-likeness (QED) is 0.464. The molecule has 0 saturated heterocycles. The Hall–Kier alpha value is -2.44. The molecule has 2 nitrogen and oxygen atoms in total. The molecule has 0 spiro atoms. The molecule has 0 fully saturated rings. The van der Waals surface area contributed by atoms with Crippen molar-refractivity contribution in [1.29, 1.82) is 0 Å². The van der Waals surface area contributed by atoms with Crippen molar-refractivity contribution >= 4 is 11.6 Å². The Morgan fingerprint density at radius 2 is 1.46 bits per heavy atom. The topological polar surface area (TPSA) is 29.1 Å². The predicted octanol–water partition coefficient (Wildman–Crippen LogP) is 5.15. The van der Waals surface area contributed by atoms with Crippen molar-refractivity contribution in [1.82, 2.24) is 0 Å². The average Bonchev–Trinajstić information content (AvgIpc) is 2.58. The molecule has 0 aromatic heterocycles. The van der Waals surface area contributed by atoms with Crippen molar-refractivity contribution in [2.24, 2.45) is 0 Å². The van der Waals surface area contributed by atoms with Gasteiger partial charge in [-0.2, -0.15) is 0 Å². The summed E-state index contributed by atoms with van der Waals surface area (Å²) >= 11 is 0. The first-order valence-corrected chi connectivity index (χ1v) is 7.21. The fraction of sp³-hybridized carbons (Fsp3) is 0.235. The first-order valence-electron chi connectivity index (χ1n) is 7.21. The van der Waals surface area contributed by atoms with E-state index in [1.807, 2.05) is 13.8 Å². The minimum absolute atomic E-state index is 0.0258. The minimum atomic E-state index is -2.30. The summed E-state index contributed by atoms with van der Waals surface area (Å²) in [6, 6.07) is 6.50. The van der Waals surface area contributed by atoms with Crippen LogP contribution in [0.25, 0.3) is 0 Å². The molecular weight excluding hydrogens is 329 g/mol. The van der Waals surface area contributed by atoms with Gasteiger partial charge in [0.15, 0.2) is 23.3 Å². The number of amides is 1. The third-order valence-electron chi connectivity index (χ3n) is 3.79.